The van der Waals surface area contributed by atoms with Crippen LogP contribution in [0.3, 0.4) is 0 Å². The number of carbonyl (C=O) groups is 1. The molecule has 0 aromatic carbocycles. The normalized spacial score (nSPS) is 11.4. The largest absolute Gasteiger partial charge is 0.347 e. The summed E-state index contributed by atoms with van der Waals surface area (Å²) in [6.07, 6.45) is 0.793. The maximum atomic E-state index is 11.3. The minimum atomic E-state index is -0.117. The summed E-state index contributed by atoms with van der Waals surface area (Å²) in [6.45, 7) is 4.44. The average molecular weight is 182 g/mol. The molecule has 0 spiro atoms. The molecule has 0 aliphatic heterocycles. The highest BCUT2D eigenvalue weighted by Crippen LogP contribution is 1.88. The molecule has 1 atom stereocenters. The molecule has 0 aromatic rings. The molecule has 0 aromatic heterocycles. The van der Waals surface area contributed by atoms with Crippen molar-refractivity contribution in [3.63, 3.8) is 0 Å². The molecule has 0 bridgehead atoms. The van der Waals surface area contributed by atoms with E-state index >= 15 is 0 Å². The van der Waals surface area contributed by atoms with Crippen molar-refractivity contribution in [3.8, 4) is 11.8 Å². The van der Waals surface area contributed by atoms with Crippen LogP contribution in [-0.4, -0.2) is 37.5 Å². The van der Waals surface area contributed by atoms with Gasteiger partial charge in [-0.25, -0.2) is 0 Å². The predicted octanol–water partition coefficient (Wildman–Crippen LogP) is 0.466. The van der Waals surface area contributed by atoms with Gasteiger partial charge < -0.3 is 10.2 Å². The minimum absolute atomic E-state index is 0.101. The van der Waals surface area contributed by atoms with Crippen LogP contribution in [-0.2, 0) is 4.79 Å². The Morgan fingerprint density at radius 3 is 2.62 bits per heavy atom. The Morgan fingerprint density at radius 2 is 2.15 bits per heavy atom. The number of rotatable bonds is 4. The van der Waals surface area contributed by atoms with Gasteiger partial charge in [-0.2, -0.15) is 0 Å². The number of nitrogens with zero attached hydrogens (tertiary/aromatic N) is 1. The lowest BCUT2D eigenvalue weighted by Gasteiger charge is -2.17. The van der Waals surface area contributed by atoms with E-state index in [0.29, 0.717) is 0 Å². The van der Waals surface area contributed by atoms with Gasteiger partial charge in [-0.05, 0) is 13.8 Å². The highest BCUT2D eigenvalue weighted by Gasteiger charge is 2.12. The summed E-state index contributed by atoms with van der Waals surface area (Å²) in [4.78, 5) is 12.9. The van der Waals surface area contributed by atoms with Gasteiger partial charge >= 0.3 is 0 Å². The summed E-state index contributed by atoms with van der Waals surface area (Å²) < 4.78 is 0. The molecule has 74 valence electrons. The number of hydrogen-bond acceptors (Lipinski definition) is 2. The van der Waals surface area contributed by atoms with E-state index < -0.39 is 0 Å². The molecule has 0 saturated carbocycles. The summed E-state index contributed by atoms with van der Waals surface area (Å²) in [7, 11) is 3.51. The fourth-order valence-corrected chi connectivity index (χ4v) is 0.951. The van der Waals surface area contributed by atoms with Crippen LogP contribution >= 0.6 is 0 Å². The fourth-order valence-electron chi connectivity index (χ4n) is 0.951. The van der Waals surface area contributed by atoms with Gasteiger partial charge in [0, 0.05) is 27.1 Å². The second kappa shape index (κ2) is 6.50. The Hall–Kier alpha value is -1.01. The maximum Gasteiger partial charge on any atom is 0.238 e. The van der Waals surface area contributed by atoms with E-state index in [1.54, 1.807) is 19.0 Å². The zero-order valence-electron chi connectivity index (χ0n) is 8.85. The Labute approximate surface area is 80.5 Å². The van der Waals surface area contributed by atoms with E-state index in [2.05, 4.69) is 17.2 Å². The molecule has 0 fully saturated rings. The third-order valence-corrected chi connectivity index (χ3v) is 1.69. The smallest absolute Gasteiger partial charge is 0.238 e. The Balaban J connectivity index is 3.66. The molecule has 1 unspecified atom stereocenters. The number of nitrogens with one attached hydrogen (secondary N) is 1. The first kappa shape index (κ1) is 12.0. The Kier molecular flexibility index (Phi) is 5.99. The first-order chi connectivity index (χ1) is 6.09. The molecular formula is C10H18N2O. The van der Waals surface area contributed by atoms with Crippen molar-refractivity contribution >= 4 is 5.91 Å². The summed E-state index contributed by atoms with van der Waals surface area (Å²) >= 11 is 0. The molecule has 3 nitrogen and oxygen atoms in total. The van der Waals surface area contributed by atoms with Crippen molar-refractivity contribution < 1.29 is 4.79 Å². The lowest BCUT2D eigenvalue weighted by Crippen LogP contribution is -2.41. The van der Waals surface area contributed by atoms with Gasteiger partial charge in [0.25, 0.3) is 0 Å². The number of carbonyl (C=O) groups excluding carboxylic acids is 1. The zero-order valence-corrected chi connectivity index (χ0v) is 8.85. The first-order valence-electron chi connectivity index (χ1n) is 4.43. The van der Waals surface area contributed by atoms with Gasteiger partial charge in [-0.3, -0.25) is 4.79 Å². The third-order valence-electron chi connectivity index (χ3n) is 1.69. The van der Waals surface area contributed by atoms with Crippen molar-refractivity contribution in [1.82, 2.24) is 10.2 Å². The quantitative estimate of drug-likeness (QED) is 0.506. The number of hydrogen-bond donors (Lipinski definition) is 1. The van der Waals surface area contributed by atoms with Crippen LogP contribution in [0.5, 0.6) is 0 Å². The minimum Gasteiger partial charge on any atom is -0.347 e. The zero-order chi connectivity index (χ0) is 10.3. The molecule has 3 heteroatoms. The van der Waals surface area contributed by atoms with Crippen molar-refractivity contribution in [1.29, 1.82) is 0 Å². The van der Waals surface area contributed by atoms with Crippen molar-refractivity contribution in [3.05, 3.63) is 0 Å². The van der Waals surface area contributed by atoms with Gasteiger partial charge in [0.05, 0.1) is 6.04 Å². The molecule has 0 rings (SSSR count). The van der Waals surface area contributed by atoms with Gasteiger partial charge in [-0.15, -0.1) is 11.8 Å². The Bertz CT molecular complexity index is 213. The molecule has 0 aliphatic rings. The van der Waals surface area contributed by atoms with Crippen LogP contribution < -0.4 is 5.32 Å². The number of likely N-dealkylation sites (N-methyl/N-ethyl adjacent to an activating group) is 1. The van der Waals surface area contributed by atoms with E-state index in [0.717, 1.165) is 13.0 Å². The van der Waals surface area contributed by atoms with E-state index in [9.17, 15) is 4.79 Å². The van der Waals surface area contributed by atoms with Crippen LogP contribution in [0, 0.1) is 11.8 Å². The lowest BCUT2D eigenvalue weighted by atomic mass is 10.3. The van der Waals surface area contributed by atoms with Crippen LogP contribution in [0.15, 0.2) is 0 Å². The molecule has 1 amide bonds. The second-order valence-corrected chi connectivity index (χ2v) is 3.09. The first-order valence-corrected chi connectivity index (χ1v) is 4.43. The van der Waals surface area contributed by atoms with Crippen molar-refractivity contribution in [2.75, 3.05) is 20.6 Å². The summed E-state index contributed by atoms with van der Waals surface area (Å²) in [5.41, 5.74) is 0. The van der Waals surface area contributed by atoms with Gasteiger partial charge in [0.15, 0.2) is 0 Å². The highest BCUT2D eigenvalue weighted by molar-refractivity contribution is 5.80. The maximum absolute atomic E-state index is 11.3. The predicted molar refractivity (Wildman–Crippen MR) is 54.2 cm³/mol. The average Bonchev–Trinajstić information content (AvgIpc) is 2.10. The SMILES string of the molecule is CC#CCCNC(C)C(=O)N(C)C. The summed E-state index contributed by atoms with van der Waals surface area (Å²) in [6, 6.07) is -0.117. The monoisotopic (exact) mass is 182 g/mol. The second-order valence-electron chi connectivity index (χ2n) is 3.09. The summed E-state index contributed by atoms with van der Waals surface area (Å²) in [5, 5.41) is 3.10. The molecule has 0 radical (unpaired) electrons. The van der Waals surface area contributed by atoms with Gasteiger partial charge in [0.2, 0.25) is 5.91 Å². The Morgan fingerprint density at radius 1 is 1.54 bits per heavy atom. The van der Waals surface area contributed by atoms with Crippen LogP contribution in [0.25, 0.3) is 0 Å². The molecule has 0 heterocycles. The van der Waals surface area contributed by atoms with Crippen LogP contribution in [0.2, 0.25) is 0 Å². The highest BCUT2D eigenvalue weighted by atomic mass is 16.2. The van der Waals surface area contributed by atoms with Crippen LogP contribution in [0.1, 0.15) is 20.3 Å². The molecule has 0 saturated heterocycles. The third kappa shape index (κ3) is 5.26. The van der Waals surface area contributed by atoms with Crippen LogP contribution in [0.4, 0.5) is 0 Å². The lowest BCUT2D eigenvalue weighted by molar-refractivity contribution is -0.130. The summed E-state index contributed by atoms with van der Waals surface area (Å²) in [5.74, 6) is 5.84. The van der Waals surface area contributed by atoms with Crippen molar-refractivity contribution in [2.24, 2.45) is 0 Å². The number of amides is 1. The standard InChI is InChI=1S/C10H18N2O/c1-5-6-7-8-11-9(2)10(13)12(3)4/h9,11H,7-8H2,1-4H3. The van der Waals surface area contributed by atoms with E-state index in [1.807, 2.05) is 13.8 Å². The molecule has 13 heavy (non-hydrogen) atoms. The van der Waals surface area contributed by atoms with E-state index in [4.69, 9.17) is 0 Å². The topological polar surface area (TPSA) is 32.3 Å². The fraction of sp³-hybridized carbons (Fsp3) is 0.700. The molecular weight excluding hydrogens is 164 g/mol. The molecule has 1 N–H and O–H groups in total. The van der Waals surface area contributed by atoms with E-state index in [-0.39, 0.29) is 11.9 Å². The van der Waals surface area contributed by atoms with Gasteiger partial charge in [0.1, 0.15) is 0 Å². The van der Waals surface area contributed by atoms with Crippen molar-refractivity contribution in [2.45, 2.75) is 26.3 Å². The van der Waals surface area contributed by atoms with E-state index in [1.165, 1.54) is 0 Å². The van der Waals surface area contributed by atoms with Gasteiger partial charge in [-0.1, -0.05) is 0 Å². The molecule has 0 aliphatic carbocycles.